The molecule has 0 fully saturated rings. The van der Waals surface area contributed by atoms with E-state index in [1.54, 1.807) is 4.98 Å². The molecule has 0 aliphatic carbocycles. The normalized spacial score (nSPS) is 10.4. The standard InChI is InChI=1S/C10H7FN2O5S/c1-18-9(16)6-4(2-3-19-6)13-8(15)5(11)7(14)12-10(13)17/h2-3,15H,1H3,(H,12,14,17). The first-order valence-corrected chi connectivity index (χ1v) is 5.75. The summed E-state index contributed by atoms with van der Waals surface area (Å²) in [5, 5.41) is 11.0. The molecule has 0 amide bonds. The molecular weight excluding hydrogens is 279 g/mol. The lowest BCUT2D eigenvalue weighted by atomic mass is 10.3. The van der Waals surface area contributed by atoms with Crippen LogP contribution >= 0.6 is 11.3 Å². The zero-order valence-corrected chi connectivity index (χ0v) is 10.3. The first-order chi connectivity index (χ1) is 8.97. The highest BCUT2D eigenvalue weighted by atomic mass is 32.1. The van der Waals surface area contributed by atoms with Gasteiger partial charge in [0.1, 0.15) is 4.88 Å². The number of methoxy groups -OCH3 is 1. The van der Waals surface area contributed by atoms with Crippen molar-refractivity contribution >= 4 is 17.3 Å². The second kappa shape index (κ2) is 4.69. The van der Waals surface area contributed by atoms with E-state index in [-0.39, 0.29) is 10.6 Å². The van der Waals surface area contributed by atoms with E-state index < -0.39 is 28.9 Å². The van der Waals surface area contributed by atoms with Gasteiger partial charge in [0, 0.05) is 0 Å². The largest absolute Gasteiger partial charge is 0.492 e. The second-order valence-corrected chi connectivity index (χ2v) is 4.27. The highest BCUT2D eigenvalue weighted by Gasteiger charge is 2.21. The van der Waals surface area contributed by atoms with Crippen molar-refractivity contribution in [3.8, 4) is 11.6 Å². The molecule has 0 aliphatic rings. The van der Waals surface area contributed by atoms with Gasteiger partial charge in [-0.2, -0.15) is 4.39 Å². The average molecular weight is 286 g/mol. The number of esters is 1. The predicted molar refractivity (Wildman–Crippen MR) is 63.5 cm³/mol. The molecule has 0 spiro atoms. The number of nitrogens with one attached hydrogen (secondary N) is 1. The quantitative estimate of drug-likeness (QED) is 0.769. The molecule has 0 atom stereocenters. The molecule has 2 aromatic heterocycles. The van der Waals surface area contributed by atoms with E-state index >= 15 is 0 Å². The molecule has 0 aromatic carbocycles. The zero-order chi connectivity index (χ0) is 14.2. The van der Waals surface area contributed by atoms with Crippen LogP contribution in [0.25, 0.3) is 5.69 Å². The molecule has 0 saturated heterocycles. The summed E-state index contributed by atoms with van der Waals surface area (Å²) < 4.78 is 18.3. The number of aromatic amines is 1. The minimum Gasteiger partial charge on any atom is -0.492 e. The minimum atomic E-state index is -1.51. The van der Waals surface area contributed by atoms with Gasteiger partial charge in [0.05, 0.1) is 12.8 Å². The Balaban J connectivity index is 2.78. The lowest BCUT2D eigenvalue weighted by Crippen LogP contribution is -2.31. The van der Waals surface area contributed by atoms with Crippen molar-refractivity contribution in [3.63, 3.8) is 0 Å². The number of nitrogens with zero attached hydrogens (tertiary/aromatic N) is 1. The molecule has 2 heterocycles. The molecule has 0 radical (unpaired) electrons. The summed E-state index contributed by atoms with van der Waals surface area (Å²) in [6.07, 6.45) is 0. The van der Waals surface area contributed by atoms with Gasteiger partial charge >= 0.3 is 11.7 Å². The first-order valence-electron chi connectivity index (χ1n) is 4.87. The number of H-pyrrole nitrogens is 1. The number of hydrogen-bond donors (Lipinski definition) is 2. The van der Waals surface area contributed by atoms with Gasteiger partial charge in [-0.15, -0.1) is 11.3 Å². The SMILES string of the molecule is COC(=O)c1sccc1-n1c(O)c(F)c(=O)[nH]c1=O. The molecular formula is C10H7FN2O5S. The molecule has 0 bridgehead atoms. The Morgan fingerprint density at radius 3 is 2.84 bits per heavy atom. The van der Waals surface area contributed by atoms with Gasteiger partial charge in [-0.25, -0.2) is 14.2 Å². The molecule has 9 heteroatoms. The van der Waals surface area contributed by atoms with Crippen LogP contribution in [0.5, 0.6) is 5.88 Å². The topological polar surface area (TPSA) is 101 Å². The van der Waals surface area contributed by atoms with Crippen LogP contribution in [0, 0.1) is 5.82 Å². The fourth-order valence-electron chi connectivity index (χ4n) is 1.45. The maximum Gasteiger partial charge on any atom is 0.350 e. The number of hydrogen-bond acceptors (Lipinski definition) is 6. The van der Waals surface area contributed by atoms with Crippen molar-refractivity contribution in [1.82, 2.24) is 9.55 Å². The lowest BCUT2D eigenvalue weighted by Gasteiger charge is -2.07. The highest BCUT2D eigenvalue weighted by molar-refractivity contribution is 7.12. The Labute approximate surface area is 108 Å². The van der Waals surface area contributed by atoms with Gasteiger partial charge < -0.3 is 9.84 Å². The van der Waals surface area contributed by atoms with Crippen LogP contribution in [0.3, 0.4) is 0 Å². The van der Waals surface area contributed by atoms with Crippen molar-refractivity contribution < 1.29 is 19.0 Å². The van der Waals surface area contributed by atoms with Crippen LogP contribution in [0.4, 0.5) is 4.39 Å². The Bertz CT molecular complexity index is 760. The molecule has 0 saturated carbocycles. The van der Waals surface area contributed by atoms with Crippen LogP contribution in [-0.2, 0) is 4.74 Å². The van der Waals surface area contributed by atoms with Gasteiger partial charge in [0.25, 0.3) is 5.56 Å². The van der Waals surface area contributed by atoms with Crippen molar-refractivity contribution in [3.05, 3.63) is 43.0 Å². The van der Waals surface area contributed by atoms with E-state index in [2.05, 4.69) is 4.74 Å². The second-order valence-electron chi connectivity index (χ2n) is 3.36. The maximum absolute atomic E-state index is 13.3. The molecule has 0 unspecified atom stereocenters. The molecule has 19 heavy (non-hydrogen) atoms. The summed E-state index contributed by atoms with van der Waals surface area (Å²) in [6.45, 7) is 0. The lowest BCUT2D eigenvalue weighted by molar-refractivity contribution is 0.0606. The van der Waals surface area contributed by atoms with E-state index in [1.807, 2.05) is 0 Å². The van der Waals surface area contributed by atoms with Crippen LogP contribution < -0.4 is 11.2 Å². The number of halogens is 1. The number of ether oxygens (including phenoxy) is 1. The van der Waals surface area contributed by atoms with Crippen LogP contribution in [0.2, 0.25) is 0 Å². The molecule has 2 N–H and O–H groups in total. The average Bonchev–Trinajstić information content (AvgIpc) is 2.84. The van der Waals surface area contributed by atoms with E-state index in [9.17, 15) is 23.9 Å². The molecule has 0 aliphatic heterocycles. The fourth-order valence-corrected chi connectivity index (χ4v) is 2.24. The van der Waals surface area contributed by atoms with Crippen molar-refractivity contribution in [2.24, 2.45) is 0 Å². The Morgan fingerprint density at radius 2 is 2.21 bits per heavy atom. The molecule has 2 rings (SSSR count). The van der Waals surface area contributed by atoms with Gasteiger partial charge in [-0.3, -0.25) is 9.78 Å². The third kappa shape index (κ3) is 2.03. The van der Waals surface area contributed by atoms with Gasteiger partial charge in [0.2, 0.25) is 11.7 Å². The van der Waals surface area contributed by atoms with Crippen molar-refractivity contribution in [2.75, 3.05) is 7.11 Å². The third-order valence-corrected chi connectivity index (χ3v) is 3.17. The summed E-state index contributed by atoms with van der Waals surface area (Å²) >= 11 is 0.945. The Hall–Kier alpha value is -2.42. The molecule has 100 valence electrons. The monoisotopic (exact) mass is 286 g/mol. The summed E-state index contributed by atoms with van der Waals surface area (Å²) in [5.74, 6) is -3.43. The van der Waals surface area contributed by atoms with E-state index in [0.29, 0.717) is 4.57 Å². The van der Waals surface area contributed by atoms with Crippen molar-refractivity contribution in [1.29, 1.82) is 0 Å². The zero-order valence-electron chi connectivity index (χ0n) is 9.47. The third-order valence-electron chi connectivity index (χ3n) is 2.29. The molecule has 7 nitrogen and oxygen atoms in total. The van der Waals surface area contributed by atoms with Crippen molar-refractivity contribution in [2.45, 2.75) is 0 Å². The maximum atomic E-state index is 13.3. The van der Waals surface area contributed by atoms with Crippen LogP contribution in [-0.4, -0.2) is 27.7 Å². The number of aromatic nitrogens is 2. The summed E-state index contributed by atoms with van der Waals surface area (Å²) in [5.41, 5.74) is -2.48. The van der Waals surface area contributed by atoms with Gasteiger partial charge in [-0.05, 0) is 11.4 Å². The number of carbonyl (C=O) groups is 1. The fraction of sp³-hybridized carbons (Fsp3) is 0.100. The number of thiophene rings is 1. The first kappa shape index (κ1) is 13.0. The Kier molecular flexibility index (Phi) is 3.21. The van der Waals surface area contributed by atoms with E-state index in [0.717, 1.165) is 18.4 Å². The van der Waals surface area contributed by atoms with Crippen LogP contribution in [0.1, 0.15) is 9.67 Å². The predicted octanol–water partition coefficient (Wildman–Crippen LogP) is 0.219. The highest BCUT2D eigenvalue weighted by Crippen LogP contribution is 2.24. The Morgan fingerprint density at radius 1 is 1.53 bits per heavy atom. The van der Waals surface area contributed by atoms with Crippen LogP contribution in [0.15, 0.2) is 21.0 Å². The minimum absolute atomic E-state index is 0.00801. The number of carbonyl (C=O) groups excluding carboxylic acids is 1. The number of aromatic hydroxyl groups is 1. The smallest absolute Gasteiger partial charge is 0.350 e. The number of rotatable bonds is 2. The molecule has 2 aromatic rings. The summed E-state index contributed by atoms with van der Waals surface area (Å²) in [6, 6.07) is 1.32. The van der Waals surface area contributed by atoms with E-state index in [1.165, 1.54) is 11.4 Å². The van der Waals surface area contributed by atoms with Gasteiger partial charge in [-0.1, -0.05) is 0 Å². The van der Waals surface area contributed by atoms with E-state index in [4.69, 9.17) is 0 Å². The van der Waals surface area contributed by atoms with Gasteiger partial charge in [0.15, 0.2) is 0 Å². The summed E-state index contributed by atoms with van der Waals surface area (Å²) in [7, 11) is 1.14. The summed E-state index contributed by atoms with van der Waals surface area (Å²) in [4.78, 5) is 35.7.